The van der Waals surface area contributed by atoms with Crippen molar-refractivity contribution < 1.29 is 9.21 Å². The monoisotopic (exact) mass is 253 g/mol. The molecule has 2 aromatic heterocycles. The summed E-state index contributed by atoms with van der Waals surface area (Å²) in [6.45, 7) is 0. The summed E-state index contributed by atoms with van der Waals surface area (Å²) in [5.74, 6) is 0.0249. The summed E-state index contributed by atoms with van der Waals surface area (Å²) in [4.78, 5) is 18.8. The van der Waals surface area contributed by atoms with Crippen molar-refractivity contribution in [3.8, 4) is 11.3 Å². The number of hydrogen-bond acceptors (Lipinski definition) is 3. The molecule has 0 unspecified atom stereocenters. The second-order valence-electron chi connectivity index (χ2n) is 3.97. The summed E-state index contributed by atoms with van der Waals surface area (Å²) >= 11 is 0. The third-order valence-corrected chi connectivity index (χ3v) is 2.70. The van der Waals surface area contributed by atoms with Crippen molar-refractivity contribution in [1.82, 2.24) is 9.97 Å². The van der Waals surface area contributed by atoms with Gasteiger partial charge < -0.3 is 14.7 Å². The summed E-state index contributed by atoms with van der Waals surface area (Å²) in [6.07, 6.45) is 4.84. The van der Waals surface area contributed by atoms with E-state index in [0.717, 1.165) is 11.3 Å². The molecule has 0 aliphatic carbocycles. The molecule has 0 spiro atoms. The Morgan fingerprint density at radius 1 is 1.21 bits per heavy atom. The maximum absolute atomic E-state index is 11.8. The predicted molar refractivity (Wildman–Crippen MR) is 70.7 cm³/mol. The van der Waals surface area contributed by atoms with Crippen LogP contribution in [0.15, 0.2) is 59.6 Å². The number of furan rings is 1. The Bertz CT molecular complexity index is 655. The van der Waals surface area contributed by atoms with E-state index in [-0.39, 0.29) is 11.7 Å². The summed E-state index contributed by atoms with van der Waals surface area (Å²) in [5, 5.41) is 2.76. The molecule has 0 saturated heterocycles. The van der Waals surface area contributed by atoms with Crippen LogP contribution in [0.4, 0.5) is 5.69 Å². The van der Waals surface area contributed by atoms with Crippen molar-refractivity contribution in [3.05, 3.63) is 60.9 Å². The van der Waals surface area contributed by atoms with Crippen LogP contribution in [0.2, 0.25) is 0 Å². The van der Waals surface area contributed by atoms with E-state index in [1.54, 1.807) is 24.7 Å². The summed E-state index contributed by atoms with van der Waals surface area (Å²) in [5.41, 5.74) is 2.65. The molecule has 0 fully saturated rings. The summed E-state index contributed by atoms with van der Waals surface area (Å²) in [7, 11) is 0. The predicted octanol–water partition coefficient (Wildman–Crippen LogP) is 2.92. The number of aromatic nitrogens is 2. The lowest BCUT2D eigenvalue weighted by molar-refractivity contribution is 0.0996. The first-order chi connectivity index (χ1) is 9.33. The Morgan fingerprint density at radius 3 is 2.68 bits per heavy atom. The van der Waals surface area contributed by atoms with E-state index in [2.05, 4.69) is 15.3 Å². The standard InChI is InChI=1S/C14H11N3O2/c18-14(13-2-1-7-19-13)17-11-5-3-10(4-6-11)12-8-15-9-16-12/h1-9H,(H,15,16)(H,17,18). The normalized spacial score (nSPS) is 10.3. The molecule has 5 nitrogen and oxygen atoms in total. The van der Waals surface area contributed by atoms with Crippen molar-refractivity contribution in [2.75, 3.05) is 5.32 Å². The molecule has 1 amide bonds. The Kier molecular flexibility index (Phi) is 2.86. The second-order valence-corrected chi connectivity index (χ2v) is 3.97. The molecule has 2 N–H and O–H groups in total. The lowest BCUT2D eigenvalue weighted by Crippen LogP contribution is -2.10. The molecule has 0 saturated carbocycles. The van der Waals surface area contributed by atoms with E-state index in [4.69, 9.17) is 4.42 Å². The quantitative estimate of drug-likeness (QED) is 0.753. The van der Waals surface area contributed by atoms with E-state index in [9.17, 15) is 4.79 Å². The van der Waals surface area contributed by atoms with Crippen LogP contribution in [0.3, 0.4) is 0 Å². The maximum Gasteiger partial charge on any atom is 0.291 e. The van der Waals surface area contributed by atoms with Gasteiger partial charge in [0.15, 0.2) is 5.76 Å². The molecule has 0 radical (unpaired) electrons. The van der Waals surface area contributed by atoms with E-state index >= 15 is 0 Å². The minimum Gasteiger partial charge on any atom is -0.459 e. The zero-order chi connectivity index (χ0) is 13.1. The van der Waals surface area contributed by atoms with Gasteiger partial charge in [-0.1, -0.05) is 12.1 Å². The molecule has 94 valence electrons. The third-order valence-electron chi connectivity index (χ3n) is 2.70. The van der Waals surface area contributed by atoms with Crippen LogP contribution < -0.4 is 5.32 Å². The van der Waals surface area contributed by atoms with Gasteiger partial charge in [-0.15, -0.1) is 0 Å². The highest BCUT2D eigenvalue weighted by Crippen LogP contribution is 2.19. The smallest absolute Gasteiger partial charge is 0.291 e. The molecular formula is C14H11N3O2. The molecule has 5 heteroatoms. The minimum atomic E-state index is -0.265. The van der Waals surface area contributed by atoms with Crippen molar-refractivity contribution >= 4 is 11.6 Å². The van der Waals surface area contributed by atoms with Crippen LogP contribution in [-0.4, -0.2) is 15.9 Å². The highest BCUT2D eigenvalue weighted by Gasteiger charge is 2.08. The lowest BCUT2D eigenvalue weighted by Gasteiger charge is -2.04. The number of amides is 1. The molecule has 2 heterocycles. The molecular weight excluding hydrogens is 242 g/mol. The number of carbonyl (C=O) groups excluding carboxylic acids is 1. The number of hydrogen-bond donors (Lipinski definition) is 2. The number of imidazole rings is 1. The Balaban J connectivity index is 1.75. The molecule has 0 aliphatic rings. The van der Waals surface area contributed by atoms with Gasteiger partial charge in [-0.05, 0) is 29.8 Å². The molecule has 3 aromatic rings. The van der Waals surface area contributed by atoms with Crippen molar-refractivity contribution in [2.24, 2.45) is 0 Å². The number of benzene rings is 1. The fourth-order valence-corrected chi connectivity index (χ4v) is 1.75. The molecule has 0 bridgehead atoms. The van der Waals surface area contributed by atoms with Crippen LogP contribution in [0, 0.1) is 0 Å². The number of H-pyrrole nitrogens is 1. The first-order valence-electron chi connectivity index (χ1n) is 5.76. The molecule has 1 aromatic carbocycles. The second kappa shape index (κ2) is 4.81. The number of aromatic amines is 1. The number of rotatable bonds is 3. The topological polar surface area (TPSA) is 70.9 Å². The fraction of sp³-hybridized carbons (Fsp3) is 0. The summed E-state index contributed by atoms with van der Waals surface area (Å²) < 4.78 is 5.02. The highest BCUT2D eigenvalue weighted by molar-refractivity contribution is 6.02. The maximum atomic E-state index is 11.8. The zero-order valence-electron chi connectivity index (χ0n) is 9.96. The largest absolute Gasteiger partial charge is 0.459 e. The molecule has 19 heavy (non-hydrogen) atoms. The van der Waals surface area contributed by atoms with Gasteiger partial charge in [0, 0.05) is 5.69 Å². The van der Waals surface area contributed by atoms with Crippen LogP contribution in [0.1, 0.15) is 10.6 Å². The van der Waals surface area contributed by atoms with Crippen LogP contribution in [0.5, 0.6) is 0 Å². The van der Waals surface area contributed by atoms with Crippen molar-refractivity contribution in [1.29, 1.82) is 0 Å². The van der Waals surface area contributed by atoms with Gasteiger partial charge in [-0.2, -0.15) is 0 Å². The molecule has 0 atom stereocenters. The van der Waals surface area contributed by atoms with E-state index in [1.807, 2.05) is 24.3 Å². The third kappa shape index (κ3) is 2.40. The van der Waals surface area contributed by atoms with Gasteiger partial charge in [0.25, 0.3) is 5.91 Å². The number of anilines is 1. The van der Waals surface area contributed by atoms with Crippen LogP contribution in [0.25, 0.3) is 11.3 Å². The van der Waals surface area contributed by atoms with Gasteiger partial charge in [0.05, 0.1) is 24.5 Å². The highest BCUT2D eigenvalue weighted by atomic mass is 16.3. The number of nitrogens with zero attached hydrogens (tertiary/aromatic N) is 1. The van der Waals surface area contributed by atoms with Gasteiger partial charge in [-0.3, -0.25) is 4.79 Å². The first-order valence-corrected chi connectivity index (χ1v) is 5.76. The minimum absolute atomic E-state index is 0.265. The van der Waals surface area contributed by atoms with Crippen molar-refractivity contribution in [3.63, 3.8) is 0 Å². The number of carbonyl (C=O) groups is 1. The summed E-state index contributed by atoms with van der Waals surface area (Å²) in [6, 6.07) is 10.8. The SMILES string of the molecule is O=C(Nc1ccc(-c2cnc[nH]2)cc1)c1ccco1. The average molecular weight is 253 g/mol. The van der Waals surface area contributed by atoms with Crippen LogP contribution >= 0.6 is 0 Å². The first kappa shape index (κ1) is 11.3. The average Bonchev–Trinajstić information content (AvgIpc) is 3.13. The fourth-order valence-electron chi connectivity index (χ4n) is 1.75. The Labute approximate surface area is 109 Å². The lowest BCUT2D eigenvalue weighted by atomic mass is 10.1. The van der Waals surface area contributed by atoms with Crippen molar-refractivity contribution in [2.45, 2.75) is 0 Å². The van der Waals surface area contributed by atoms with Gasteiger partial charge in [0.1, 0.15) is 0 Å². The number of nitrogens with one attached hydrogen (secondary N) is 2. The molecule has 0 aliphatic heterocycles. The van der Waals surface area contributed by atoms with E-state index < -0.39 is 0 Å². The van der Waals surface area contributed by atoms with E-state index in [1.165, 1.54) is 6.26 Å². The zero-order valence-corrected chi connectivity index (χ0v) is 9.96. The van der Waals surface area contributed by atoms with Gasteiger partial charge >= 0.3 is 0 Å². The van der Waals surface area contributed by atoms with E-state index in [0.29, 0.717) is 5.69 Å². The van der Waals surface area contributed by atoms with Gasteiger partial charge in [-0.25, -0.2) is 4.98 Å². The van der Waals surface area contributed by atoms with Gasteiger partial charge in [0.2, 0.25) is 0 Å². The Morgan fingerprint density at radius 2 is 2.05 bits per heavy atom. The van der Waals surface area contributed by atoms with Crippen LogP contribution in [-0.2, 0) is 0 Å². The Hall–Kier alpha value is -2.82. The molecule has 3 rings (SSSR count).